The van der Waals surface area contributed by atoms with Gasteiger partial charge < -0.3 is 15.3 Å². The molecule has 7 atom stereocenters. The lowest BCUT2D eigenvalue weighted by Crippen LogP contribution is -2.47. The zero-order valence-electron chi connectivity index (χ0n) is 22.4. The molecule has 0 bridgehead atoms. The molecule has 0 heterocycles. The molecule has 0 aromatic carbocycles. The van der Waals surface area contributed by atoms with Gasteiger partial charge >= 0.3 is 0 Å². The fourth-order valence-corrected chi connectivity index (χ4v) is 6.65. The summed E-state index contributed by atoms with van der Waals surface area (Å²) in [6.45, 7) is 12.6. The second kappa shape index (κ2) is 9.30. The highest BCUT2D eigenvalue weighted by atomic mass is 16.3. The molecule has 3 nitrogen and oxygen atoms in total. The van der Waals surface area contributed by atoms with Crippen LogP contribution < -0.4 is 0 Å². The molecule has 0 aromatic heterocycles. The number of aliphatic hydroxyl groups is 3. The van der Waals surface area contributed by atoms with Crippen molar-refractivity contribution in [3.8, 4) is 0 Å². The molecular weight excluding hydrogens is 372 g/mol. The van der Waals surface area contributed by atoms with Crippen molar-refractivity contribution >= 4 is 0 Å². The van der Waals surface area contributed by atoms with Gasteiger partial charge in [0.1, 0.15) is 0 Å². The molecule has 0 saturated heterocycles. The van der Waals surface area contributed by atoms with Crippen LogP contribution in [0.25, 0.3) is 0 Å². The van der Waals surface area contributed by atoms with Crippen LogP contribution in [0, 0.1) is 23.2 Å². The molecule has 3 aliphatic rings. The Bertz CT molecular complexity index is 789. The molecule has 3 saturated carbocycles. The van der Waals surface area contributed by atoms with E-state index in [0.717, 1.165) is 43.3 Å². The van der Waals surface area contributed by atoms with Gasteiger partial charge in [-0.1, -0.05) is 50.6 Å². The van der Waals surface area contributed by atoms with Crippen molar-refractivity contribution in [2.24, 2.45) is 23.2 Å². The molecule has 3 N–H and O–H groups in total. The van der Waals surface area contributed by atoms with Crippen LogP contribution in [0.4, 0.5) is 0 Å². The molecule has 3 rings (SSSR count). The minimum Gasteiger partial charge on any atom is -0.393 e. The highest BCUT2D eigenvalue weighted by Crippen LogP contribution is 2.60. The number of aliphatic hydroxyl groups excluding tert-OH is 1. The Hall–Kier alpha value is -0.900. The highest BCUT2D eigenvalue weighted by Gasteiger charge is 2.55. The van der Waals surface area contributed by atoms with E-state index in [-0.39, 0.29) is 17.8 Å². The Morgan fingerprint density at radius 2 is 2.13 bits per heavy atom. The molecule has 0 spiro atoms. The summed E-state index contributed by atoms with van der Waals surface area (Å²) >= 11 is 0. The summed E-state index contributed by atoms with van der Waals surface area (Å²) in [5, 5.41) is 26.7. The predicted molar refractivity (Wildman–Crippen MR) is 124 cm³/mol. The van der Waals surface area contributed by atoms with E-state index >= 15 is 0 Å². The quantitative estimate of drug-likeness (QED) is 0.496. The lowest BCUT2D eigenvalue weighted by Gasteiger charge is -2.47. The fourth-order valence-electron chi connectivity index (χ4n) is 6.65. The van der Waals surface area contributed by atoms with Gasteiger partial charge in [0.25, 0.3) is 0 Å². The Morgan fingerprint density at radius 3 is 2.83 bits per heavy atom. The van der Waals surface area contributed by atoms with E-state index in [1.165, 1.54) is 5.57 Å². The van der Waals surface area contributed by atoms with E-state index in [4.69, 9.17) is 4.17 Å². The van der Waals surface area contributed by atoms with Crippen LogP contribution in [0.15, 0.2) is 35.5 Å². The number of allylic oxidation sites excluding steroid dienone is 4. The molecule has 0 aromatic rings. The second-order valence-corrected chi connectivity index (χ2v) is 11.0. The highest BCUT2D eigenvalue weighted by molar-refractivity contribution is 5.36. The van der Waals surface area contributed by atoms with Gasteiger partial charge in [-0.2, -0.15) is 0 Å². The largest absolute Gasteiger partial charge is 0.393 e. The molecule has 3 fully saturated rings. The molecule has 0 amide bonds. The fraction of sp³-hybridized carbons (Fsp3) is 0.778. The van der Waals surface area contributed by atoms with E-state index in [2.05, 4.69) is 38.5 Å². The van der Waals surface area contributed by atoms with Crippen LogP contribution in [-0.2, 0) is 0 Å². The summed E-state index contributed by atoms with van der Waals surface area (Å²) in [6, 6.07) is 0. The molecule has 0 aliphatic heterocycles. The Kier molecular flexibility index (Phi) is 6.13. The summed E-state index contributed by atoms with van der Waals surface area (Å²) in [7, 11) is 0. The van der Waals surface area contributed by atoms with Gasteiger partial charge in [-0.15, -0.1) is 0 Å². The Labute approximate surface area is 188 Å². The van der Waals surface area contributed by atoms with Gasteiger partial charge in [0.05, 0.1) is 19.2 Å². The molecule has 0 radical (unpaired) electrons. The molecule has 30 heavy (non-hydrogen) atoms. The van der Waals surface area contributed by atoms with E-state index in [9.17, 15) is 10.2 Å². The molecule has 3 aliphatic carbocycles. The minimum atomic E-state index is -1.54. The van der Waals surface area contributed by atoms with Crippen LogP contribution in [0.3, 0.4) is 0 Å². The standard InChI is InChI=1S/C27H44O3/c1-18(2)15-23(29)17-27(5,30)25-13-12-24-20(7-6-14-26(24,25)4)9-10-21-16-22(28)11-8-19(21)3/h9-10,18,22-25,28-30H,3,6-8,11-17H2,1-2,4-5H3/t22-,23?,24?,25-,26-,27-/m0/s1/i11D,22D,28D/t11?,22-,23?,24?,25-,26-,27-. The topological polar surface area (TPSA) is 60.7 Å². The van der Waals surface area contributed by atoms with Crippen molar-refractivity contribution in [3.63, 3.8) is 0 Å². The van der Waals surface area contributed by atoms with Crippen molar-refractivity contribution in [1.82, 2.24) is 0 Å². The number of fused-ring (bicyclic) bond motifs is 1. The third-order valence-electron chi connectivity index (χ3n) is 8.00. The lowest BCUT2D eigenvalue weighted by atomic mass is 9.59. The van der Waals surface area contributed by atoms with Crippen molar-refractivity contribution < 1.29 is 18.1 Å². The Balaban J connectivity index is 1.79. The van der Waals surface area contributed by atoms with Gasteiger partial charge in [-0.3, -0.25) is 0 Å². The summed E-state index contributed by atoms with van der Waals surface area (Å²) in [6.07, 6.45) is 8.30. The maximum atomic E-state index is 11.5. The summed E-state index contributed by atoms with van der Waals surface area (Å²) in [5.41, 5.74) is 2.26. The lowest BCUT2D eigenvalue weighted by molar-refractivity contribution is -0.0867. The summed E-state index contributed by atoms with van der Waals surface area (Å²) < 4.78 is 23.7. The van der Waals surface area contributed by atoms with Gasteiger partial charge in [-0.05, 0) is 93.4 Å². The molecular formula is C27H44O3. The van der Waals surface area contributed by atoms with Crippen LogP contribution >= 0.6 is 0 Å². The SMILES string of the molecule is [2H]O[C@]1([2H])CC(=CC=C2CCC[C@@]3(C)C2CC[C@@H]3[C@@](C)(O)CC(O)CC(C)C)C(=C)CC1[2H]. The summed E-state index contributed by atoms with van der Waals surface area (Å²) in [4.78, 5) is 0. The maximum Gasteiger partial charge on any atom is 0.210 e. The van der Waals surface area contributed by atoms with E-state index in [0.29, 0.717) is 31.1 Å². The van der Waals surface area contributed by atoms with Crippen molar-refractivity contribution in [2.75, 3.05) is 0 Å². The third-order valence-corrected chi connectivity index (χ3v) is 8.00. The first-order valence-electron chi connectivity index (χ1n) is 13.4. The van der Waals surface area contributed by atoms with Crippen LogP contribution in [0.1, 0.15) is 94.6 Å². The monoisotopic (exact) mass is 419 g/mol. The van der Waals surface area contributed by atoms with E-state index in [1.807, 2.05) is 13.0 Å². The van der Waals surface area contributed by atoms with Crippen LogP contribution in [0.5, 0.6) is 0 Å². The number of hydrogen-bond acceptors (Lipinski definition) is 3. The second-order valence-electron chi connectivity index (χ2n) is 11.0. The Morgan fingerprint density at radius 1 is 1.37 bits per heavy atom. The van der Waals surface area contributed by atoms with Gasteiger partial charge in [-0.25, -0.2) is 0 Å². The predicted octanol–water partition coefficient (Wildman–Crippen LogP) is 5.70. The zero-order valence-corrected chi connectivity index (χ0v) is 19.4. The summed E-state index contributed by atoms with van der Waals surface area (Å²) in [5.74, 6) is 0.956. The van der Waals surface area contributed by atoms with E-state index < -0.39 is 24.2 Å². The van der Waals surface area contributed by atoms with Crippen LogP contribution in [-0.4, -0.2) is 34.5 Å². The average molecular weight is 420 g/mol. The average Bonchev–Trinajstić information content (AvgIpc) is 3.07. The number of hydrogen-bond donors (Lipinski definition) is 3. The third kappa shape index (κ3) is 5.11. The smallest absolute Gasteiger partial charge is 0.210 e. The first-order valence-corrected chi connectivity index (χ1v) is 11.9. The normalized spacial score (nSPS) is 44.4. The molecule has 170 valence electrons. The van der Waals surface area contributed by atoms with Crippen LogP contribution in [0.2, 0.25) is 0 Å². The number of rotatable bonds is 7. The molecule has 3 heteroatoms. The van der Waals surface area contributed by atoms with Crippen molar-refractivity contribution in [1.29, 1.82) is 1.43 Å². The van der Waals surface area contributed by atoms with Gasteiger partial charge in [0.2, 0.25) is 1.43 Å². The first-order chi connectivity index (χ1) is 15.3. The van der Waals surface area contributed by atoms with Gasteiger partial charge in [0.15, 0.2) is 0 Å². The molecule has 3 unspecified atom stereocenters. The van der Waals surface area contributed by atoms with Crippen molar-refractivity contribution in [3.05, 3.63) is 35.5 Å². The van der Waals surface area contributed by atoms with Crippen molar-refractivity contribution in [2.45, 2.75) is 110 Å². The maximum absolute atomic E-state index is 11.5. The zero-order chi connectivity index (χ0) is 24.6. The van der Waals surface area contributed by atoms with Gasteiger partial charge in [0, 0.05) is 7.79 Å². The first kappa shape index (κ1) is 19.8. The minimum absolute atomic E-state index is 0.00294. The van der Waals surface area contributed by atoms with E-state index in [1.54, 1.807) is 0 Å².